The van der Waals surface area contributed by atoms with E-state index in [4.69, 9.17) is 0 Å². The van der Waals surface area contributed by atoms with E-state index in [1.54, 1.807) is 0 Å². The van der Waals surface area contributed by atoms with Gasteiger partial charge in [-0.05, 0) is 31.6 Å². The van der Waals surface area contributed by atoms with Crippen LogP contribution in [0.5, 0.6) is 0 Å². The van der Waals surface area contributed by atoms with Crippen molar-refractivity contribution in [3.8, 4) is 0 Å². The van der Waals surface area contributed by atoms with Crippen molar-refractivity contribution < 1.29 is 4.79 Å². The Morgan fingerprint density at radius 2 is 2.00 bits per heavy atom. The van der Waals surface area contributed by atoms with Crippen LogP contribution in [0, 0.1) is 5.41 Å². The monoisotopic (exact) mass is 264 g/mol. The maximum Gasteiger partial charge on any atom is 0.328 e. The fourth-order valence-electron chi connectivity index (χ4n) is 2.99. The van der Waals surface area contributed by atoms with Gasteiger partial charge in [-0.3, -0.25) is 14.2 Å². The quantitative estimate of drug-likeness (QED) is 0.841. The van der Waals surface area contributed by atoms with E-state index in [0.29, 0.717) is 6.54 Å². The Balaban J connectivity index is 2.45. The number of carbonyl (C=O) groups excluding carboxylic acids is 1. The second kappa shape index (κ2) is 5.15. The number of nitrogens with one attached hydrogen (secondary N) is 1. The third-order valence-corrected chi connectivity index (χ3v) is 4.35. The van der Waals surface area contributed by atoms with Gasteiger partial charge in [0.25, 0.3) is 5.56 Å². The summed E-state index contributed by atoms with van der Waals surface area (Å²) in [5.74, 6) is -0.313. The molecule has 1 heterocycles. The molecule has 19 heavy (non-hydrogen) atoms. The van der Waals surface area contributed by atoms with Crippen molar-refractivity contribution in [3.63, 3.8) is 0 Å². The number of aromatic amines is 1. The molecule has 1 fully saturated rings. The van der Waals surface area contributed by atoms with Gasteiger partial charge in [0.05, 0.1) is 5.56 Å². The fourth-order valence-corrected chi connectivity index (χ4v) is 2.99. The molecule has 1 aromatic heterocycles. The average Bonchev–Trinajstić information content (AvgIpc) is 2.83. The zero-order valence-electron chi connectivity index (χ0n) is 11.5. The van der Waals surface area contributed by atoms with E-state index in [2.05, 4.69) is 11.9 Å². The molecule has 1 saturated carbocycles. The topological polar surface area (TPSA) is 71.9 Å². The van der Waals surface area contributed by atoms with Crippen molar-refractivity contribution in [1.82, 2.24) is 9.55 Å². The molecule has 0 spiro atoms. The number of Topliss-reactive ketones (excluding diaryl/α,β-unsaturated/α-hetero) is 1. The van der Waals surface area contributed by atoms with Crippen LogP contribution in [0.4, 0.5) is 0 Å². The zero-order chi connectivity index (χ0) is 14.0. The SMILES string of the molecule is CCC1(Cn2c(=O)[nH]cc(C(C)=O)c2=O)CCCC1. The predicted molar refractivity (Wildman–Crippen MR) is 72.5 cm³/mol. The van der Waals surface area contributed by atoms with Gasteiger partial charge in [0.2, 0.25) is 0 Å². The number of hydrogen-bond donors (Lipinski definition) is 1. The van der Waals surface area contributed by atoms with Gasteiger partial charge < -0.3 is 4.98 Å². The summed E-state index contributed by atoms with van der Waals surface area (Å²) in [6.45, 7) is 3.85. The van der Waals surface area contributed by atoms with Crippen molar-refractivity contribution in [3.05, 3.63) is 32.6 Å². The summed E-state index contributed by atoms with van der Waals surface area (Å²) in [5.41, 5.74) is -0.791. The van der Waals surface area contributed by atoms with Gasteiger partial charge in [-0.15, -0.1) is 0 Å². The van der Waals surface area contributed by atoms with Crippen LogP contribution in [0.1, 0.15) is 56.3 Å². The van der Waals surface area contributed by atoms with E-state index < -0.39 is 11.2 Å². The van der Waals surface area contributed by atoms with Crippen molar-refractivity contribution in [2.45, 2.75) is 52.5 Å². The lowest BCUT2D eigenvalue weighted by Gasteiger charge is -2.27. The molecule has 1 aromatic rings. The highest BCUT2D eigenvalue weighted by molar-refractivity contribution is 5.93. The molecule has 104 valence electrons. The average molecular weight is 264 g/mol. The molecule has 0 aromatic carbocycles. The van der Waals surface area contributed by atoms with Crippen LogP contribution in [0.3, 0.4) is 0 Å². The highest BCUT2D eigenvalue weighted by Crippen LogP contribution is 2.41. The largest absolute Gasteiger partial charge is 0.328 e. The predicted octanol–water partition coefficient (Wildman–Crippen LogP) is 1.71. The number of carbonyl (C=O) groups is 1. The fraction of sp³-hybridized carbons (Fsp3) is 0.643. The van der Waals surface area contributed by atoms with Gasteiger partial charge in [-0.1, -0.05) is 19.8 Å². The van der Waals surface area contributed by atoms with Crippen molar-refractivity contribution in [2.24, 2.45) is 5.41 Å². The lowest BCUT2D eigenvalue weighted by molar-refractivity contribution is 0.101. The van der Waals surface area contributed by atoms with E-state index in [-0.39, 0.29) is 16.8 Å². The Morgan fingerprint density at radius 3 is 2.53 bits per heavy atom. The van der Waals surface area contributed by atoms with Gasteiger partial charge in [0.1, 0.15) is 0 Å². The van der Waals surface area contributed by atoms with Gasteiger partial charge in [-0.2, -0.15) is 0 Å². The minimum absolute atomic E-state index is 0.0340. The highest BCUT2D eigenvalue weighted by Gasteiger charge is 2.33. The highest BCUT2D eigenvalue weighted by atomic mass is 16.2. The van der Waals surface area contributed by atoms with Gasteiger partial charge in [0.15, 0.2) is 5.78 Å². The summed E-state index contributed by atoms with van der Waals surface area (Å²) in [5, 5.41) is 0. The Bertz CT molecular complexity index is 591. The lowest BCUT2D eigenvalue weighted by Crippen LogP contribution is -2.42. The van der Waals surface area contributed by atoms with Crippen LogP contribution in [0.2, 0.25) is 0 Å². The van der Waals surface area contributed by atoms with Crippen LogP contribution in [-0.4, -0.2) is 15.3 Å². The Hall–Kier alpha value is -1.65. The Labute approximate surface area is 111 Å². The number of hydrogen-bond acceptors (Lipinski definition) is 3. The smallest absolute Gasteiger partial charge is 0.313 e. The number of nitrogens with zero attached hydrogens (tertiary/aromatic N) is 1. The zero-order valence-corrected chi connectivity index (χ0v) is 11.5. The molecule has 5 heteroatoms. The Kier molecular flexibility index (Phi) is 3.73. The molecule has 0 atom stereocenters. The van der Waals surface area contributed by atoms with Gasteiger partial charge in [-0.25, -0.2) is 4.79 Å². The number of ketones is 1. The second-order valence-corrected chi connectivity index (χ2v) is 5.52. The molecule has 1 N–H and O–H groups in total. The molecule has 1 aliphatic carbocycles. The van der Waals surface area contributed by atoms with Crippen LogP contribution in [0.15, 0.2) is 15.8 Å². The normalized spacial score (nSPS) is 17.6. The summed E-state index contributed by atoms with van der Waals surface area (Å²) >= 11 is 0. The number of aromatic nitrogens is 2. The van der Waals surface area contributed by atoms with E-state index >= 15 is 0 Å². The van der Waals surface area contributed by atoms with Gasteiger partial charge in [0, 0.05) is 12.7 Å². The minimum Gasteiger partial charge on any atom is -0.313 e. The molecule has 0 saturated heterocycles. The molecule has 0 unspecified atom stereocenters. The summed E-state index contributed by atoms with van der Waals surface area (Å²) in [4.78, 5) is 37.9. The molecule has 0 aliphatic heterocycles. The van der Waals surface area contributed by atoms with Crippen LogP contribution >= 0.6 is 0 Å². The molecule has 2 rings (SSSR count). The molecule has 0 amide bonds. The first-order valence-corrected chi connectivity index (χ1v) is 6.82. The molecule has 5 nitrogen and oxygen atoms in total. The maximum absolute atomic E-state index is 12.2. The minimum atomic E-state index is -0.462. The van der Waals surface area contributed by atoms with E-state index in [1.165, 1.54) is 17.7 Å². The Morgan fingerprint density at radius 1 is 1.37 bits per heavy atom. The summed E-state index contributed by atoms with van der Waals surface area (Å²) in [6, 6.07) is 0. The third kappa shape index (κ3) is 2.55. The third-order valence-electron chi connectivity index (χ3n) is 4.35. The molecular formula is C14H20N2O3. The van der Waals surface area contributed by atoms with E-state index in [9.17, 15) is 14.4 Å². The van der Waals surface area contributed by atoms with Crippen LogP contribution in [-0.2, 0) is 6.54 Å². The van der Waals surface area contributed by atoms with Crippen molar-refractivity contribution in [1.29, 1.82) is 0 Å². The van der Waals surface area contributed by atoms with Crippen molar-refractivity contribution in [2.75, 3.05) is 0 Å². The van der Waals surface area contributed by atoms with E-state index in [0.717, 1.165) is 32.1 Å². The first-order chi connectivity index (χ1) is 8.99. The standard InChI is InChI=1S/C14H20N2O3/c1-3-14(6-4-5-7-14)9-16-12(18)11(10(2)17)8-15-13(16)19/h8H,3-7,9H2,1-2H3,(H,15,19). The van der Waals surface area contributed by atoms with Crippen LogP contribution < -0.4 is 11.2 Å². The maximum atomic E-state index is 12.2. The first kappa shape index (κ1) is 13.8. The van der Waals surface area contributed by atoms with Crippen molar-refractivity contribution >= 4 is 5.78 Å². The van der Waals surface area contributed by atoms with Crippen LogP contribution in [0.25, 0.3) is 0 Å². The summed E-state index contributed by atoms with van der Waals surface area (Å²) < 4.78 is 1.20. The lowest BCUT2D eigenvalue weighted by atomic mass is 9.83. The number of H-pyrrole nitrogens is 1. The molecule has 0 radical (unpaired) electrons. The van der Waals surface area contributed by atoms with E-state index in [1.807, 2.05) is 0 Å². The summed E-state index contributed by atoms with van der Waals surface area (Å²) in [7, 11) is 0. The van der Waals surface area contributed by atoms with Gasteiger partial charge >= 0.3 is 5.69 Å². The first-order valence-electron chi connectivity index (χ1n) is 6.82. The molecular weight excluding hydrogens is 244 g/mol. The second-order valence-electron chi connectivity index (χ2n) is 5.52. The summed E-state index contributed by atoms with van der Waals surface area (Å²) in [6.07, 6.45) is 6.54. The molecule has 1 aliphatic rings. The molecule has 0 bridgehead atoms. The number of rotatable bonds is 4.